The molecule has 1 aliphatic carbocycles. The van der Waals surface area contributed by atoms with Crippen LogP contribution in [0.25, 0.3) is 0 Å². The standard InChI is InChI=1S/C28H36N4O8/c1-13(29)31(25(37)39-27(3,4)5)15-9-10-16(32(14(2)30)26(38)40-28(6,7)8)20-19(15)23(35)21-17(33)11-12-18(34)22(21)24(20)36/h9-14,33-34H,29-30H2,1-8H3. The molecule has 1 aliphatic rings. The summed E-state index contributed by atoms with van der Waals surface area (Å²) in [5.41, 5.74) is 8.62. The second kappa shape index (κ2) is 10.4. The number of ketones is 2. The summed E-state index contributed by atoms with van der Waals surface area (Å²) in [7, 11) is 0. The van der Waals surface area contributed by atoms with Crippen molar-refractivity contribution in [3.05, 3.63) is 46.5 Å². The molecule has 3 rings (SSSR count). The summed E-state index contributed by atoms with van der Waals surface area (Å²) in [4.78, 5) is 56.6. The van der Waals surface area contributed by atoms with Gasteiger partial charge in [-0.25, -0.2) is 9.59 Å². The van der Waals surface area contributed by atoms with Gasteiger partial charge in [0.1, 0.15) is 22.7 Å². The fourth-order valence-electron chi connectivity index (χ4n) is 4.32. The number of aromatic hydroxyl groups is 2. The van der Waals surface area contributed by atoms with E-state index in [1.165, 1.54) is 26.0 Å². The van der Waals surface area contributed by atoms with Crippen molar-refractivity contribution >= 4 is 35.1 Å². The summed E-state index contributed by atoms with van der Waals surface area (Å²) >= 11 is 0. The summed E-state index contributed by atoms with van der Waals surface area (Å²) in [6.45, 7) is 12.8. The molecule has 2 amide bonds. The highest BCUT2D eigenvalue weighted by Crippen LogP contribution is 2.45. The number of benzene rings is 2. The van der Waals surface area contributed by atoms with Gasteiger partial charge in [-0.1, -0.05) is 0 Å². The Morgan fingerprint density at radius 2 is 0.975 bits per heavy atom. The van der Waals surface area contributed by atoms with Gasteiger partial charge in [0.25, 0.3) is 0 Å². The molecule has 6 N–H and O–H groups in total. The number of carbonyl (C=O) groups excluding carboxylic acids is 4. The van der Waals surface area contributed by atoms with E-state index in [2.05, 4.69) is 0 Å². The number of amides is 2. The molecule has 0 aliphatic heterocycles. The molecule has 0 radical (unpaired) electrons. The second-order valence-electron chi connectivity index (χ2n) is 11.5. The minimum absolute atomic E-state index is 0.108. The summed E-state index contributed by atoms with van der Waals surface area (Å²) in [6, 6.07) is 4.80. The van der Waals surface area contributed by atoms with Crippen LogP contribution in [-0.2, 0) is 9.47 Å². The highest BCUT2D eigenvalue weighted by Gasteiger charge is 2.42. The number of carbonyl (C=O) groups is 4. The van der Waals surface area contributed by atoms with Gasteiger partial charge >= 0.3 is 12.2 Å². The van der Waals surface area contributed by atoms with Gasteiger partial charge < -0.3 is 31.2 Å². The number of hydrogen-bond acceptors (Lipinski definition) is 10. The molecule has 40 heavy (non-hydrogen) atoms. The van der Waals surface area contributed by atoms with Crippen LogP contribution < -0.4 is 21.3 Å². The van der Waals surface area contributed by atoms with Crippen molar-refractivity contribution in [3.8, 4) is 11.5 Å². The number of fused-ring (bicyclic) bond motifs is 2. The maximum absolute atomic E-state index is 14.0. The van der Waals surface area contributed by atoms with E-state index < -0.39 is 69.9 Å². The lowest BCUT2D eigenvalue weighted by atomic mass is 9.80. The topological polar surface area (TPSA) is 186 Å². The first-order valence-corrected chi connectivity index (χ1v) is 12.6. The minimum atomic E-state index is -1.04. The molecule has 0 fully saturated rings. The van der Waals surface area contributed by atoms with Crippen molar-refractivity contribution in [3.63, 3.8) is 0 Å². The Kier molecular flexibility index (Phi) is 7.92. The molecule has 12 heteroatoms. The molecule has 0 aromatic heterocycles. The predicted octanol–water partition coefficient (Wildman–Crippen LogP) is 3.97. The Hall–Kier alpha value is -4.16. The van der Waals surface area contributed by atoms with Gasteiger partial charge in [-0.05, 0) is 79.7 Å². The first kappa shape index (κ1) is 30.4. The van der Waals surface area contributed by atoms with E-state index in [1.807, 2.05) is 0 Å². The van der Waals surface area contributed by atoms with Crippen LogP contribution in [0.4, 0.5) is 21.0 Å². The summed E-state index contributed by atoms with van der Waals surface area (Å²) in [5, 5.41) is 21.1. The molecule has 2 aromatic rings. The lowest BCUT2D eigenvalue weighted by molar-refractivity contribution is 0.0555. The zero-order chi connectivity index (χ0) is 30.5. The fraction of sp³-hybridized carbons (Fsp3) is 0.429. The van der Waals surface area contributed by atoms with E-state index in [-0.39, 0.29) is 22.5 Å². The Bertz CT molecular complexity index is 1280. The van der Waals surface area contributed by atoms with Crippen LogP contribution in [0.15, 0.2) is 24.3 Å². The van der Waals surface area contributed by atoms with Gasteiger partial charge in [-0.2, -0.15) is 0 Å². The minimum Gasteiger partial charge on any atom is -0.507 e. The van der Waals surface area contributed by atoms with Crippen molar-refractivity contribution in [2.45, 2.75) is 78.9 Å². The van der Waals surface area contributed by atoms with Crippen molar-refractivity contribution in [2.75, 3.05) is 9.80 Å². The SMILES string of the molecule is CC(N)N(C(=O)OC(C)(C)C)c1ccc(N(C(=O)OC(C)(C)C)C(C)N)c2c1C(=O)c1c(O)ccc(O)c1C2=O. The van der Waals surface area contributed by atoms with Gasteiger partial charge in [0.05, 0.1) is 46.0 Å². The molecule has 0 heterocycles. The van der Waals surface area contributed by atoms with E-state index in [1.54, 1.807) is 41.5 Å². The molecule has 2 aromatic carbocycles. The first-order chi connectivity index (χ1) is 18.3. The third-order valence-electron chi connectivity index (χ3n) is 5.74. The largest absolute Gasteiger partial charge is 0.507 e. The number of ether oxygens (including phenoxy) is 2. The summed E-state index contributed by atoms with van der Waals surface area (Å²) in [5.74, 6) is -2.90. The molecule has 216 valence electrons. The number of nitrogens with two attached hydrogens (primary N) is 2. The number of rotatable bonds is 4. The normalized spacial score (nSPS) is 14.6. The molecular weight excluding hydrogens is 520 g/mol. The second-order valence-corrected chi connectivity index (χ2v) is 11.5. The maximum atomic E-state index is 14.0. The molecule has 0 saturated carbocycles. The van der Waals surface area contributed by atoms with Crippen molar-refractivity contribution < 1.29 is 38.9 Å². The highest BCUT2D eigenvalue weighted by atomic mass is 16.6. The van der Waals surface area contributed by atoms with Gasteiger partial charge in [0, 0.05) is 0 Å². The average Bonchev–Trinajstić information content (AvgIpc) is 2.76. The Balaban J connectivity index is 2.43. The molecule has 2 unspecified atom stereocenters. The van der Waals surface area contributed by atoms with Crippen LogP contribution in [0.5, 0.6) is 11.5 Å². The maximum Gasteiger partial charge on any atom is 0.416 e. The smallest absolute Gasteiger partial charge is 0.416 e. The first-order valence-electron chi connectivity index (χ1n) is 12.6. The van der Waals surface area contributed by atoms with Gasteiger partial charge in [-0.3, -0.25) is 19.4 Å². The number of phenols is 2. The number of anilines is 2. The molecule has 2 atom stereocenters. The molecule has 12 nitrogen and oxygen atoms in total. The van der Waals surface area contributed by atoms with Crippen LogP contribution in [0, 0.1) is 0 Å². The van der Waals surface area contributed by atoms with Crippen LogP contribution >= 0.6 is 0 Å². The summed E-state index contributed by atoms with van der Waals surface area (Å²) in [6.07, 6.45) is -3.89. The number of nitrogens with zero attached hydrogens (tertiary/aromatic N) is 2. The zero-order valence-electron chi connectivity index (χ0n) is 23.9. The van der Waals surface area contributed by atoms with E-state index in [4.69, 9.17) is 20.9 Å². The quantitative estimate of drug-likeness (QED) is 0.271. The lowest BCUT2D eigenvalue weighted by Gasteiger charge is -2.35. The molecule has 0 bridgehead atoms. The van der Waals surface area contributed by atoms with E-state index in [0.29, 0.717) is 0 Å². The van der Waals surface area contributed by atoms with Crippen LogP contribution in [-0.4, -0.2) is 57.5 Å². The average molecular weight is 557 g/mol. The van der Waals surface area contributed by atoms with Crippen molar-refractivity contribution in [2.24, 2.45) is 11.5 Å². The number of phenolic OH excluding ortho intramolecular Hbond substituents is 2. The van der Waals surface area contributed by atoms with Gasteiger partial charge in [-0.15, -0.1) is 0 Å². The monoisotopic (exact) mass is 556 g/mol. The van der Waals surface area contributed by atoms with Crippen LogP contribution in [0.3, 0.4) is 0 Å². The van der Waals surface area contributed by atoms with Crippen LogP contribution in [0.1, 0.15) is 87.2 Å². The van der Waals surface area contributed by atoms with Crippen LogP contribution in [0.2, 0.25) is 0 Å². The van der Waals surface area contributed by atoms with E-state index in [0.717, 1.165) is 21.9 Å². The Morgan fingerprint density at radius 3 is 1.23 bits per heavy atom. The van der Waals surface area contributed by atoms with Crippen molar-refractivity contribution in [1.82, 2.24) is 0 Å². The summed E-state index contributed by atoms with van der Waals surface area (Å²) < 4.78 is 11.0. The zero-order valence-corrected chi connectivity index (χ0v) is 23.9. The molecule has 0 spiro atoms. The molecular formula is C28H36N4O8. The third kappa shape index (κ3) is 5.73. The van der Waals surface area contributed by atoms with E-state index >= 15 is 0 Å². The van der Waals surface area contributed by atoms with E-state index in [9.17, 15) is 29.4 Å². The Morgan fingerprint density at radius 1 is 0.675 bits per heavy atom. The van der Waals surface area contributed by atoms with Gasteiger partial charge in [0.2, 0.25) is 11.6 Å². The predicted molar refractivity (Wildman–Crippen MR) is 148 cm³/mol. The van der Waals surface area contributed by atoms with Gasteiger partial charge in [0.15, 0.2) is 0 Å². The third-order valence-corrected chi connectivity index (χ3v) is 5.74. The van der Waals surface area contributed by atoms with Crippen molar-refractivity contribution in [1.29, 1.82) is 0 Å². The highest BCUT2D eigenvalue weighted by molar-refractivity contribution is 6.34. The Labute approximate surface area is 232 Å². The number of hydrogen-bond donors (Lipinski definition) is 4. The lowest BCUT2D eigenvalue weighted by Crippen LogP contribution is -2.49. The molecule has 0 saturated heterocycles. The fourth-order valence-corrected chi connectivity index (χ4v) is 4.32.